The lowest BCUT2D eigenvalue weighted by Crippen LogP contribution is -2.45. The van der Waals surface area contributed by atoms with Gasteiger partial charge in [-0.2, -0.15) is 0 Å². The smallest absolute Gasteiger partial charge is 0.264 e. The predicted octanol–water partition coefficient (Wildman–Crippen LogP) is 3.70. The molecule has 0 unspecified atom stereocenters. The number of ether oxygens (including phenoxy) is 1. The molecule has 3 heterocycles. The third-order valence-corrected chi connectivity index (χ3v) is 11.5. The van der Waals surface area contributed by atoms with Gasteiger partial charge >= 0.3 is 0 Å². The van der Waals surface area contributed by atoms with E-state index in [0.717, 1.165) is 12.0 Å². The molecule has 5 rings (SSSR count). The highest BCUT2D eigenvalue weighted by molar-refractivity contribution is 6.72. The Morgan fingerprint density at radius 3 is 2.57 bits per heavy atom. The van der Waals surface area contributed by atoms with Crippen LogP contribution in [-0.4, -0.2) is 72.6 Å². The topological polar surface area (TPSA) is 119 Å². The minimum atomic E-state index is -3.50. The minimum absolute atomic E-state index is 0.0899. The lowest BCUT2D eigenvalue weighted by molar-refractivity contribution is -0.150. The summed E-state index contributed by atoms with van der Waals surface area (Å²) in [7, 11) is -3.50. The van der Waals surface area contributed by atoms with Crippen molar-refractivity contribution in [2.45, 2.75) is 82.1 Å². The summed E-state index contributed by atoms with van der Waals surface area (Å²) in [5, 5.41) is 22.2. The summed E-state index contributed by atoms with van der Waals surface area (Å²) in [6.07, 6.45) is -0.674. The zero-order valence-electron chi connectivity index (χ0n) is 24.5. The normalized spacial score (nSPS) is 27.9. The zero-order valence-corrected chi connectivity index (χ0v) is 25.5. The standard InChI is InChI=1S/C31H40FN3O6Si/c1-19-28(42(3,4)32)26(16-27(38)34-14-8-11-23(34)18-36)41-31(19)24-15-22(33-29(39)20(2)37)12-13-25(24)35(30(31)40)17-21-9-6-5-7-10-21/h5-7,9-10,12-13,15,19-20,23,26,28,36-37H,8,11,14,16-18H2,1-4H3,(H,33,39)/t19-,20-,23-,26+,28-,31+/m0/s1. The van der Waals surface area contributed by atoms with E-state index in [1.807, 2.05) is 37.3 Å². The molecule has 3 amide bonds. The molecule has 0 aromatic heterocycles. The molecule has 1 spiro atoms. The second-order valence-corrected chi connectivity index (χ2v) is 16.1. The fourth-order valence-corrected chi connectivity index (χ4v) is 9.63. The third kappa shape index (κ3) is 5.27. The molecular weight excluding hydrogens is 557 g/mol. The monoisotopic (exact) mass is 597 g/mol. The van der Waals surface area contributed by atoms with Crippen LogP contribution in [0.15, 0.2) is 48.5 Å². The number of amides is 3. The van der Waals surface area contributed by atoms with Crippen LogP contribution in [0.4, 0.5) is 15.5 Å². The molecule has 9 nitrogen and oxygen atoms in total. The summed E-state index contributed by atoms with van der Waals surface area (Å²) < 4.78 is 22.9. The molecule has 6 atom stereocenters. The molecule has 0 bridgehead atoms. The Bertz CT molecular complexity index is 1350. The predicted molar refractivity (Wildman–Crippen MR) is 159 cm³/mol. The van der Waals surface area contributed by atoms with Gasteiger partial charge < -0.3 is 34.2 Å². The van der Waals surface area contributed by atoms with Crippen molar-refractivity contribution in [2.75, 3.05) is 23.4 Å². The van der Waals surface area contributed by atoms with E-state index in [1.54, 1.807) is 41.1 Å². The number of hydrogen-bond donors (Lipinski definition) is 3. The van der Waals surface area contributed by atoms with E-state index >= 15 is 4.11 Å². The van der Waals surface area contributed by atoms with Crippen molar-refractivity contribution >= 4 is 37.5 Å². The van der Waals surface area contributed by atoms with Crippen LogP contribution >= 0.6 is 0 Å². The SMILES string of the molecule is C[C@H](O)C(=O)Nc1ccc2c(c1)[C@@]1(O[C@H](CC(=O)N3CCC[C@H]3CO)[C@@H]([Si](C)(C)F)[C@@H]1C)C(=O)N2Cc1ccccc1. The van der Waals surface area contributed by atoms with Crippen molar-refractivity contribution in [3.63, 3.8) is 0 Å². The van der Waals surface area contributed by atoms with Crippen LogP contribution in [0, 0.1) is 5.92 Å². The first kappa shape index (κ1) is 30.3. The fraction of sp³-hybridized carbons (Fsp3) is 0.516. The summed E-state index contributed by atoms with van der Waals surface area (Å²) in [4.78, 5) is 43.6. The molecule has 2 aromatic rings. The number of aliphatic hydroxyl groups is 2. The quantitative estimate of drug-likeness (QED) is 0.316. The van der Waals surface area contributed by atoms with Crippen molar-refractivity contribution in [2.24, 2.45) is 5.92 Å². The molecule has 42 heavy (non-hydrogen) atoms. The molecule has 2 aromatic carbocycles. The van der Waals surface area contributed by atoms with E-state index < -0.39 is 43.6 Å². The molecule has 0 radical (unpaired) electrons. The van der Waals surface area contributed by atoms with Gasteiger partial charge in [0, 0.05) is 29.3 Å². The number of anilines is 2. The Hall–Kier alpha value is -3.12. The van der Waals surface area contributed by atoms with Crippen molar-refractivity contribution in [1.29, 1.82) is 0 Å². The van der Waals surface area contributed by atoms with Gasteiger partial charge in [-0.05, 0) is 56.6 Å². The number of aliphatic hydroxyl groups excluding tert-OH is 2. The molecule has 2 fully saturated rings. The van der Waals surface area contributed by atoms with Gasteiger partial charge in [0.1, 0.15) is 6.10 Å². The van der Waals surface area contributed by atoms with E-state index in [-0.39, 0.29) is 37.4 Å². The number of nitrogens with zero attached hydrogens (tertiary/aromatic N) is 2. The first-order valence-electron chi connectivity index (χ1n) is 14.6. The van der Waals surface area contributed by atoms with E-state index in [4.69, 9.17) is 4.74 Å². The van der Waals surface area contributed by atoms with E-state index in [0.29, 0.717) is 29.9 Å². The maximum absolute atomic E-state index is 16.2. The highest BCUT2D eigenvalue weighted by atomic mass is 28.4. The Labute approximate surface area is 246 Å². The highest BCUT2D eigenvalue weighted by Gasteiger charge is 2.67. The lowest BCUT2D eigenvalue weighted by atomic mass is 9.82. The maximum Gasteiger partial charge on any atom is 0.264 e. The van der Waals surface area contributed by atoms with Crippen LogP contribution in [0.5, 0.6) is 0 Å². The van der Waals surface area contributed by atoms with Crippen LogP contribution < -0.4 is 10.2 Å². The molecule has 3 aliphatic heterocycles. The number of nitrogens with one attached hydrogen (secondary N) is 1. The average molecular weight is 598 g/mol. The first-order chi connectivity index (χ1) is 19.9. The van der Waals surface area contributed by atoms with E-state index in [9.17, 15) is 24.6 Å². The number of halogens is 1. The van der Waals surface area contributed by atoms with Gasteiger partial charge in [-0.25, -0.2) is 0 Å². The molecule has 0 saturated carbocycles. The number of hydrogen-bond acceptors (Lipinski definition) is 6. The summed E-state index contributed by atoms with van der Waals surface area (Å²) in [5.41, 5.74) is 0.143. The van der Waals surface area contributed by atoms with Gasteiger partial charge in [-0.3, -0.25) is 14.4 Å². The van der Waals surface area contributed by atoms with E-state index in [1.165, 1.54) is 6.92 Å². The Balaban J connectivity index is 1.57. The van der Waals surface area contributed by atoms with Crippen LogP contribution in [0.1, 0.15) is 44.2 Å². The number of benzene rings is 2. The molecule has 3 N–H and O–H groups in total. The second kappa shape index (κ2) is 11.5. The van der Waals surface area contributed by atoms with Gasteiger partial charge in [-0.1, -0.05) is 37.3 Å². The van der Waals surface area contributed by atoms with Gasteiger partial charge in [0.2, 0.25) is 14.3 Å². The second-order valence-electron chi connectivity index (χ2n) is 12.3. The highest BCUT2D eigenvalue weighted by Crippen LogP contribution is 2.60. The van der Waals surface area contributed by atoms with Crippen molar-refractivity contribution in [1.82, 2.24) is 4.90 Å². The largest absolute Gasteiger partial charge is 0.394 e. The molecular formula is C31H40FN3O6Si. The molecule has 2 saturated heterocycles. The maximum atomic E-state index is 16.2. The first-order valence-corrected chi connectivity index (χ1v) is 17.6. The average Bonchev–Trinajstić information content (AvgIpc) is 3.60. The van der Waals surface area contributed by atoms with Gasteiger partial charge in [-0.15, -0.1) is 0 Å². The summed E-state index contributed by atoms with van der Waals surface area (Å²) >= 11 is 0. The number of carbonyl (C=O) groups excluding carboxylic acids is 3. The molecule has 11 heteroatoms. The fourth-order valence-electron chi connectivity index (χ4n) is 7.14. The number of likely N-dealkylation sites (tertiary alicyclic amines) is 1. The Morgan fingerprint density at radius 2 is 1.93 bits per heavy atom. The van der Waals surface area contributed by atoms with Crippen molar-refractivity contribution < 1.29 is 33.4 Å². The molecule has 226 valence electrons. The number of rotatable bonds is 8. The van der Waals surface area contributed by atoms with Crippen LogP contribution in [-0.2, 0) is 31.3 Å². The number of fused-ring (bicyclic) bond motifs is 2. The van der Waals surface area contributed by atoms with Crippen LogP contribution in [0.25, 0.3) is 0 Å². The van der Waals surface area contributed by atoms with Gasteiger partial charge in [0.15, 0.2) is 5.60 Å². The zero-order chi connectivity index (χ0) is 30.4. The summed E-state index contributed by atoms with van der Waals surface area (Å²) in [6.45, 7) is 7.01. The van der Waals surface area contributed by atoms with E-state index in [2.05, 4.69) is 5.32 Å². The summed E-state index contributed by atoms with van der Waals surface area (Å²) in [6, 6.07) is 14.3. The molecule has 0 aliphatic carbocycles. The Kier molecular flexibility index (Phi) is 8.32. The number of carbonyl (C=O) groups is 3. The third-order valence-electron chi connectivity index (χ3n) is 9.08. The van der Waals surface area contributed by atoms with Crippen molar-refractivity contribution in [3.8, 4) is 0 Å². The van der Waals surface area contributed by atoms with Gasteiger partial charge in [0.25, 0.3) is 11.8 Å². The Morgan fingerprint density at radius 1 is 1.21 bits per heavy atom. The van der Waals surface area contributed by atoms with Crippen LogP contribution in [0.2, 0.25) is 18.6 Å². The summed E-state index contributed by atoms with van der Waals surface area (Å²) in [5.74, 6) is -1.75. The minimum Gasteiger partial charge on any atom is -0.394 e. The van der Waals surface area contributed by atoms with Crippen molar-refractivity contribution in [3.05, 3.63) is 59.7 Å². The lowest BCUT2D eigenvalue weighted by Gasteiger charge is -2.31. The molecule has 3 aliphatic rings. The van der Waals surface area contributed by atoms with Gasteiger partial charge in [0.05, 0.1) is 37.4 Å². The van der Waals surface area contributed by atoms with Crippen LogP contribution in [0.3, 0.4) is 0 Å².